The van der Waals surface area contributed by atoms with Gasteiger partial charge < -0.3 is 11.1 Å². The number of amides is 1. The van der Waals surface area contributed by atoms with E-state index in [1.807, 2.05) is 30.3 Å². The van der Waals surface area contributed by atoms with Crippen LogP contribution in [0.25, 0.3) is 0 Å². The Morgan fingerprint density at radius 2 is 2.00 bits per heavy atom. The molecule has 3 N–H and O–H groups in total. The van der Waals surface area contributed by atoms with Crippen LogP contribution in [0.4, 0.5) is 15.8 Å². The second-order valence-electron chi connectivity index (χ2n) is 4.67. The lowest BCUT2D eigenvalue weighted by atomic mass is 10.2. The molecule has 1 unspecified atom stereocenters. The van der Waals surface area contributed by atoms with Gasteiger partial charge in [-0.2, -0.15) is 0 Å². The van der Waals surface area contributed by atoms with E-state index >= 15 is 0 Å². The third kappa shape index (κ3) is 4.49. The third-order valence-electron chi connectivity index (χ3n) is 2.96. The van der Waals surface area contributed by atoms with Crippen molar-refractivity contribution in [3.63, 3.8) is 0 Å². The number of carbonyl (C=O) groups excluding carboxylic acids is 1. The molecule has 1 atom stereocenters. The number of nitrogens with one attached hydrogen (secondary N) is 1. The molecule has 2 rings (SSSR count). The van der Waals surface area contributed by atoms with Crippen LogP contribution in [0.2, 0.25) is 0 Å². The SMILES string of the molecule is CC(SCc1ccccc1)C(=O)Nc1cc(N)ccc1F. The van der Waals surface area contributed by atoms with E-state index in [0.717, 1.165) is 11.3 Å². The molecule has 0 saturated heterocycles. The minimum atomic E-state index is -0.488. The second-order valence-corrected chi connectivity index (χ2v) is 6.00. The summed E-state index contributed by atoms with van der Waals surface area (Å²) in [6.07, 6.45) is 0. The average Bonchev–Trinajstić information content (AvgIpc) is 2.49. The fourth-order valence-corrected chi connectivity index (χ4v) is 2.59. The van der Waals surface area contributed by atoms with Gasteiger partial charge in [0.1, 0.15) is 5.82 Å². The molecule has 21 heavy (non-hydrogen) atoms. The fourth-order valence-electron chi connectivity index (χ4n) is 1.74. The molecule has 0 aliphatic carbocycles. The van der Waals surface area contributed by atoms with Gasteiger partial charge in [0.05, 0.1) is 10.9 Å². The van der Waals surface area contributed by atoms with Gasteiger partial charge in [0.15, 0.2) is 0 Å². The quantitative estimate of drug-likeness (QED) is 0.829. The number of rotatable bonds is 5. The Hall–Kier alpha value is -2.01. The highest BCUT2D eigenvalue weighted by Gasteiger charge is 2.15. The van der Waals surface area contributed by atoms with Gasteiger partial charge in [-0.25, -0.2) is 4.39 Å². The third-order valence-corrected chi connectivity index (χ3v) is 4.17. The lowest BCUT2D eigenvalue weighted by Crippen LogP contribution is -2.23. The van der Waals surface area contributed by atoms with Crippen molar-refractivity contribution in [2.45, 2.75) is 17.9 Å². The van der Waals surface area contributed by atoms with Crippen molar-refractivity contribution in [3.05, 3.63) is 59.9 Å². The summed E-state index contributed by atoms with van der Waals surface area (Å²) in [5, 5.41) is 2.29. The summed E-state index contributed by atoms with van der Waals surface area (Å²) >= 11 is 1.50. The zero-order valence-corrected chi connectivity index (χ0v) is 12.5. The summed E-state index contributed by atoms with van der Waals surface area (Å²) in [7, 11) is 0. The summed E-state index contributed by atoms with van der Waals surface area (Å²) in [6, 6.07) is 14.0. The molecule has 3 nitrogen and oxygen atoms in total. The maximum atomic E-state index is 13.6. The van der Waals surface area contributed by atoms with Gasteiger partial charge in [-0.3, -0.25) is 4.79 Å². The predicted octanol–water partition coefficient (Wildman–Crippen LogP) is 3.67. The monoisotopic (exact) mass is 304 g/mol. The summed E-state index contributed by atoms with van der Waals surface area (Å²) in [5.41, 5.74) is 7.27. The summed E-state index contributed by atoms with van der Waals surface area (Å²) in [6.45, 7) is 1.80. The highest BCUT2D eigenvalue weighted by Crippen LogP contribution is 2.21. The molecule has 0 aliphatic rings. The Labute approximate surface area is 127 Å². The molecule has 2 aromatic carbocycles. The van der Waals surface area contributed by atoms with Crippen LogP contribution >= 0.6 is 11.8 Å². The number of thioether (sulfide) groups is 1. The zero-order valence-electron chi connectivity index (χ0n) is 11.7. The van der Waals surface area contributed by atoms with Gasteiger partial charge >= 0.3 is 0 Å². The molecular formula is C16H17FN2OS. The zero-order chi connectivity index (χ0) is 15.2. The first-order valence-electron chi connectivity index (χ1n) is 6.57. The van der Waals surface area contributed by atoms with Crippen LogP contribution in [0.5, 0.6) is 0 Å². The first-order valence-corrected chi connectivity index (χ1v) is 7.62. The normalized spacial score (nSPS) is 11.9. The number of benzene rings is 2. The van der Waals surface area contributed by atoms with Gasteiger partial charge in [-0.15, -0.1) is 11.8 Å². The molecule has 0 bridgehead atoms. The van der Waals surface area contributed by atoms with E-state index in [2.05, 4.69) is 5.32 Å². The standard InChI is InChI=1S/C16H17FN2OS/c1-11(21-10-12-5-3-2-4-6-12)16(20)19-15-9-13(18)7-8-14(15)17/h2-9,11H,10,18H2,1H3,(H,19,20). The lowest BCUT2D eigenvalue weighted by molar-refractivity contribution is -0.115. The molecule has 0 fully saturated rings. The molecule has 0 saturated carbocycles. The molecule has 5 heteroatoms. The van der Waals surface area contributed by atoms with Gasteiger partial charge in [0, 0.05) is 11.4 Å². The number of carbonyl (C=O) groups is 1. The highest BCUT2D eigenvalue weighted by atomic mass is 32.2. The topological polar surface area (TPSA) is 55.1 Å². The van der Waals surface area contributed by atoms with Crippen molar-refractivity contribution >= 4 is 29.0 Å². The van der Waals surface area contributed by atoms with Crippen LogP contribution in [0.15, 0.2) is 48.5 Å². The smallest absolute Gasteiger partial charge is 0.237 e. The minimum Gasteiger partial charge on any atom is -0.399 e. The van der Waals surface area contributed by atoms with Gasteiger partial charge in [-0.1, -0.05) is 30.3 Å². The van der Waals surface area contributed by atoms with Crippen molar-refractivity contribution in [2.24, 2.45) is 0 Å². The van der Waals surface area contributed by atoms with E-state index in [0.29, 0.717) is 5.69 Å². The van der Waals surface area contributed by atoms with Crippen molar-refractivity contribution < 1.29 is 9.18 Å². The van der Waals surface area contributed by atoms with Gasteiger partial charge in [0.25, 0.3) is 0 Å². The Kier molecular flexibility index (Phi) is 5.22. The maximum absolute atomic E-state index is 13.6. The van der Waals surface area contributed by atoms with Crippen LogP contribution in [0.1, 0.15) is 12.5 Å². The van der Waals surface area contributed by atoms with Crippen LogP contribution in [0, 0.1) is 5.82 Å². The fraction of sp³-hybridized carbons (Fsp3) is 0.188. The van der Waals surface area contributed by atoms with E-state index in [4.69, 9.17) is 5.73 Å². The number of anilines is 2. The Morgan fingerprint density at radius 1 is 1.29 bits per heavy atom. The second kappa shape index (κ2) is 7.13. The van der Waals surface area contributed by atoms with Crippen molar-refractivity contribution in [2.75, 3.05) is 11.1 Å². The van der Waals surface area contributed by atoms with Crippen LogP contribution < -0.4 is 11.1 Å². The van der Waals surface area contributed by atoms with Gasteiger partial charge in [-0.05, 0) is 30.7 Å². The Bertz CT molecular complexity index is 619. The van der Waals surface area contributed by atoms with Gasteiger partial charge in [0.2, 0.25) is 5.91 Å². The number of halogens is 1. The van der Waals surface area contributed by atoms with E-state index in [-0.39, 0.29) is 16.8 Å². The van der Waals surface area contributed by atoms with Crippen molar-refractivity contribution in [1.29, 1.82) is 0 Å². The average molecular weight is 304 g/mol. The first kappa shape index (κ1) is 15.4. The molecule has 2 aromatic rings. The predicted molar refractivity (Wildman–Crippen MR) is 86.6 cm³/mol. The van der Waals surface area contributed by atoms with Crippen molar-refractivity contribution in [3.8, 4) is 0 Å². The lowest BCUT2D eigenvalue weighted by Gasteiger charge is -2.13. The van der Waals surface area contributed by atoms with Crippen LogP contribution in [-0.4, -0.2) is 11.2 Å². The summed E-state index contributed by atoms with van der Waals surface area (Å²) in [4.78, 5) is 12.1. The molecule has 0 aliphatic heterocycles. The van der Waals surface area contributed by atoms with Crippen molar-refractivity contribution in [1.82, 2.24) is 0 Å². The summed E-state index contributed by atoms with van der Waals surface area (Å²) in [5.74, 6) is 0.00714. The molecule has 110 valence electrons. The van der Waals surface area contributed by atoms with Crippen LogP contribution in [0.3, 0.4) is 0 Å². The van der Waals surface area contributed by atoms with Crippen LogP contribution in [-0.2, 0) is 10.5 Å². The Morgan fingerprint density at radius 3 is 2.71 bits per heavy atom. The molecule has 0 radical (unpaired) electrons. The number of hydrogen-bond donors (Lipinski definition) is 2. The summed E-state index contributed by atoms with van der Waals surface area (Å²) < 4.78 is 13.6. The number of nitrogen functional groups attached to an aromatic ring is 1. The van der Waals surface area contributed by atoms with E-state index in [9.17, 15) is 9.18 Å². The molecule has 0 aromatic heterocycles. The number of hydrogen-bond acceptors (Lipinski definition) is 3. The largest absolute Gasteiger partial charge is 0.399 e. The minimum absolute atomic E-state index is 0.118. The first-order chi connectivity index (χ1) is 10.1. The van der Waals surface area contributed by atoms with E-state index in [1.165, 1.54) is 30.0 Å². The van der Waals surface area contributed by atoms with E-state index in [1.54, 1.807) is 6.92 Å². The molecular weight excluding hydrogens is 287 g/mol. The number of nitrogens with two attached hydrogens (primary N) is 1. The molecule has 1 amide bonds. The Balaban J connectivity index is 1.92. The highest BCUT2D eigenvalue weighted by molar-refractivity contribution is 7.99. The molecule has 0 spiro atoms. The van der Waals surface area contributed by atoms with E-state index < -0.39 is 5.82 Å². The maximum Gasteiger partial charge on any atom is 0.237 e. The molecule has 0 heterocycles.